The first kappa shape index (κ1) is 12.3. The van der Waals surface area contributed by atoms with Crippen LogP contribution < -0.4 is 5.73 Å². The van der Waals surface area contributed by atoms with Crippen LogP contribution in [-0.4, -0.2) is 10.1 Å². The smallest absolute Gasteiger partial charge is 0.176 e. The molecule has 0 fully saturated rings. The fourth-order valence-electron chi connectivity index (χ4n) is 2.08. The predicted octanol–water partition coefficient (Wildman–Crippen LogP) is 3.43. The number of pyridine rings is 1. The fourth-order valence-corrected chi connectivity index (χ4v) is 2.08. The van der Waals surface area contributed by atoms with Gasteiger partial charge in [-0.25, -0.2) is 4.39 Å². The third-order valence-electron chi connectivity index (χ3n) is 3.11. The van der Waals surface area contributed by atoms with Gasteiger partial charge < -0.3 is 10.3 Å². The number of aromatic nitrogens is 2. The topological polar surface area (TPSA) is 64.9 Å². The van der Waals surface area contributed by atoms with E-state index in [1.807, 2.05) is 12.1 Å². The number of nitrogens with two attached hydrogens (primary N) is 1. The SMILES string of the molecule is Cc1cc(-c2onc(N)c2-c2ccncc2)ccc1F. The standard InChI is InChI=1S/C15H12FN3O/c1-9-8-11(2-3-12(9)16)14-13(15(17)19-20-14)10-4-6-18-7-5-10/h2-8H,1H3,(H2,17,19). The minimum Gasteiger partial charge on any atom is -0.380 e. The Morgan fingerprint density at radius 2 is 1.85 bits per heavy atom. The van der Waals surface area contributed by atoms with E-state index in [-0.39, 0.29) is 5.82 Å². The predicted molar refractivity (Wildman–Crippen MR) is 74.3 cm³/mol. The summed E-state index contributed by atoms with van der Waals surface area (Å²) in [5.74, 6) is 0.566. The summed E-state index contributed by atoms with van der Waals surface area (Å²) in [5, 5.41) is 3.81. The van der Waals surface area contributed by atoms with E-state index >= 15 is 0 Å². The van der Waals surface area contributed by atoms with Gasteiger partial charge in [-0.05, 0) is 48.4 Å². The van der Waals surface area contributed by atoms with Crippen LogP contribution >= 0.6 is 0 Å². The van der Waals surface area contributed by atoms with Crippen molar-refractivity contribution in [2.45, 2.75) is 6.92 Å². The molecule has 20 heavy (non-hydrogen) atoms. The lowest BCUT2D eigenvalue weighted by Crippen LogP contribution is -1.90. The number of benzene rings is 1. The van der Waals surface area contributed by atoms with Crippen LogP contribution in [0, 0.1) is 12.7 Å². The van der Waals surface area contributed by atoms with Gasteiger partial charge >= 0.3 is 0 Å². The van der Waals surface area contributed by atoms with Crippen molar-refractivity contribution in [3.05, 3.63) is 54.1 Å². The van der Waals surface area contributed by atoms with Crippen molar-refractivity contribution >= 4 is 5.82 Å². The van der Waals surface area contributed by atoms with Crippen molar-refractivity contribution in [1.82, 2.24) is 10.1 Å². The van der Waals surface area contributed by atoms with Gasteiger partial charge in [0.15, 0.2) is 11.6 Å². The van der Waals surface area contributed by atoms with E-state index in [1.165, 1.54) is 6.07 Å². The van der Waals surface area contributed by atoms with Crippen LogP contribution in [0.2, 0.25) is 0 Å². The van der Waals surface area contributed by atoms with Gasteiger partial charge in [0.05, 0.1) is 5.56 Å². The highest BCUT2D eigenvalue weighted by atomic mass is 19.1. The van der Waals surface area contributed by atoms with Gasteiger partial charge in [0.2, 0.25) is 0 Å². The first-order chi connectivity index (χ1) is 9.66. The average molecular weight is 269 g/mol. The molecule has 0 aliphatic carbocycles. The van der Waals surface area contributed by atoms with Gasteiger partial charge in [0, 0.05) is 18.0 Å². The molecule has 0 amide bonds. The van der Waals surface area contributed by atoms with Gasteiger partial charge in [0.1, 0.15) is 5.82 Å². The maximum atomic E-state index is 13.4. The number of aryl methyl sites for hydroxylation is 1. The molecule has 0 radical (unpaired) electrons. The maximum Gasteiger partial charge on any atom is 0.176 e. The molecular formula is C15H12FN3O. The molecule has 3 aromatic rings. The molecule has 5 heteroatoms. The Morgan fingerprint density at radius 1 is 1.10 bits per heavy atom. The van der Waals surface area contributed by atoms with Crippen molar-refractivity contribution in [1.29, 1.82) is 0 Å². The lowest BCUT2D eigenvalue weighted by Gasteiger charge is -2.04. The molecule has 3 rings (SSSR count). The summed E-state index contributed by atoms with van der Waals surface area (Å²) in [6, 6.07) is 8.40. The lowest BCUT2D eigenvalue weighted by molar-refractivity contribution is 0.436. The maximum absolute atomic E-state index is 13.4. The van der Waals surface area contributed by atoms with Gasteiger partial charge in [-0.1, -0.05) is 5.16 Å². The van der Waals surface area contributed by atoms with E-state index in [0.717, 1.165) is 11.1 Å². The molecule has 1 aromatic carbocycles. The number of hydrogen-bond acceptors (Lipinski definition) is 4. The van der Waals surface area contributed by atoms with Gasteiger partial charge in [-0.2, -0.15) is 0 Å². The Kier molecular flexibility index (Phi) is 2.95. The summed E-state index contributed by atoms with van der Waals surface area (Å²) >= 11 is 0. The summed E-state index contributed by atoms with van der Waals surface area (Å²) in [7, 11) is 0. The number of nitrogens with zero attached hydrogens (tertiary/aromatic N) is 2. The third kappa shape index (κ3) is 2.03. The minimum atomic E-state index is -0.258. The molecule has 2 heterocycles. The second-order valence-electron chi connectivity index (χ2n) is 4.47. The quantitative estimate of drug-likeness (QED) is 0.774. The molecule has 0 saturated carbocycles. The van der Waals surface area contributed by atoms with Crippen LogP contribution in [0.25, 0.3) is 22.5 Å². The molecular weight excluding hydrogens is 257 g/mol. The summed E-state index contributed by atoms with van der Waals surface area (Å²) in [6.07, 6.45) is 3.34. The second-order valence-corrected chi connectivity index (χ2v) is 4.47. The number of nitrogen functional groups attached to an aromatic ring is 1. The molecule has 0 unspecified atom stereocenters. The fraction of sp³-hybridized carbons (Fsp3) is 0.0667. The zero-order chi connectivity index (χ0) is 14.1. The van der Waals surface area contributed by atoms with E-state index in [2.05, 4.69) is 10.1 Å². The molecule has 0 aliphatic heterocycles. The van der Waals surface area contributed by atoms with E-state index in [1.54, 1.807) is 31.5 Å². The zero-order valence-electron chi connectivity index (χ0n) is 10.8. The zero-order valence-corrected chi connectivity index (χ0v) is 10.8. The highest BCUT2D eigenvalue weighted by Gasteiger charge is 2.18. The normalized spacial score (nSPS) is 10.7. The third-order valence-corrected chi connectivity index (χ3v) is 3.11. The van der Waals surface area contributed by atoms with Crippen molar-refractivity contribution < 1.29 is 8.91 Å². The van der Waals surface area contributed by atoms with E-state index in [9.17, 15) is 4.39 Å². The molecule has 0 aliphatic rings. The van der Waals surface area contributed by atoms with Crippen LogP contribution in [0.15, 0.2) is 47.2 Å². The Morgan fingerprint density at radius 3 is 2.55 bits per heavy atom. The van der Waals surface area contributed by atoms with Gasteiger partial charge in [-0.15, -0.1) is 0 Å². The van der Waals surface area contributed by atoms with Crippen LogP contribution in [0.1, 0.15) is 5.56 Å². The Hall–Kier alpha value is -2.69. The monoisotopic (exact) mass is 269 g/mol. The highest BCUT2D eigenvalue weighted by molar-refractivity contribution is 5.86. The molecule has 2 N–H and O–H groups in total. The average Bonchev–Trinajstić information content (AvgIpc) is 2.85. The van der Waals surface area contributed by atoms with Crippen molar-refractivity contribution in [3.63, 3.8) is 0 Å². The Labute approximate surface area is 115 Å². The van der Waals surface area contributed by atoms with E-state index < -0.39 is 0 Å². The van der Waals surface area contributed by atoms with Crippen molar-refractivity contribution in [3.8, 4) is 22.5 Å². The summed E-state index contributed by atoms with van der Waals surface area (Å²) in [6.45, 7) is 1.70. The number of rotatable bonds is 2. The van der Waals surface area contributed by atoms with Gasteiger partial charge in [0.25, 0.3) is 0 Å². The molecule has 0 saturated heterocycles. The van der Waals surface area contributed by atoms with Gasteiger partial charge in [-0.3, -0.25) is 4.98 Å². The minimum absolute atomic E-state index is 0.258. The molecule has 2 aromatic heterocycles. The number of halogens is 1. The second kappa shape index (κ2) is 4.77. The van der Waals surface area contributed by atoms with Crippen LogP contribution in [0.4, 0.5) is 10.2 Å². The number of anilines is 1. The van der Waals surface area contributed by atoms with Crippen molar-refractivity contribution in [2.24, 2.45) is 0 Å². The first-order valence-corrected chi connectivity index (χ1v) is 6.09. The van der Waals surface area contributed by atoms with Crippen molar-refractivity contribution in [2.75, 3.05) is 5.73 Å². The summed E-state index contributed by atoms with van der Waals surface area (Å²) in [5.41, 5.74) is 8.71. The first-order valence-electron chi connectivity index (χ1n) is 6.09. The highest BCUT2D eigenvalue weighted by Crippen LogP contribution is 2.36. The Bertz CT molecular complexity index is 753. The number of hydrogen-bond donors (Lipinski definition) is 1. The summed E-state index contributed by atoms with van der Waals surface area (Å²) < 4.78 is 18.7. The lowest BCUT2D eigenvalue weighted by atomic mass is 10.0. The van der Waals surface area contributed by atoms with Crippen LogP contribution in [0.3, 0.4) is 0 Å². The Balaban J connectivity index is 2.18. The summed E-state index contributed by atoms with van der Waals surface area (Å²) in [4.78, 5) is 3.97. The van der Waals surface area contributed by atoms with Crippen LogP contribution in [0.5, 0.6) is 0 Å². The largest absolute Gasteiger partial charge is 0.380 e. The molecule has 100 valence electrons. The van der Waals surface area contributed by atoms with E-state index in [0.29, 0.717) is 22.7 Å². The molecule has 0 bridgehead atoms. The molecule has 0 atom stereocenters. The van der Waals surface area contributed by atoms with E-state index in [4.69, 9.17) is 10.3 Å². The van der Waals surface area contributed by atoms with Crippen LogP contribution in [-0.2, 0) is 0 Å². The molecule has 0 spiro atoms. The molecule has 4 nitrogen and oxygen atoms in total.